The minimum Gasteiger partial charge on any atom is -0.393 e. The van der Waals surface area contributed by atoms with Crippen LogP contribution in [-0.2, 0) is 6.54 Å². The molecule has 1 N–H and O–H groups in total. The maximum Gasteiger partial charge on any atom is 0.132 e. The van der Waals surface area contributed by atoms with Gasteiger partial charge in [0.1, 0.15) is 12.1 Å². The molecule has 2 aromatic heterocycles. The van der Waals surface area contributed by atoms with Gasteiger partial charge in [-0.1, -0.05) is 0 Å². The smallest absolute Gasteiger partial charge is 0.132 e. The van der Waals surface area contributed by atoms with Gasteiger partial charge < -0.3 is 10.0 Å². The maximum absolute atomic E-state index is 9.37. The first-order chi connectivity index (χ1) is 9.22. The van der Waals surface area contributed by atoms with E-state index in [0.717, 1.165) is 36.6 Å². The minimum atomic E-state index is -0.156. The van der Waals surface area contributed by atoms with Gasteiger partial charge in [0.2, 0.25) is 0 Å². The summed E-state index contributed by atoms with van der Waals surface area (Å²) in [6.45, 7) is 0.743. The van der Waals surface area contributed by atoms with E-state index in [-0.39, 0.29) is 6.10 Å². The summed E-state index contributed by atoms with van der Waals surface area (Å²) in [4.78, 5) is 15.0. The zero-order chi connectivity index (χ0) is 13.2. The number of hydrogen-bond donors (Lipinski definition) is 1. The normalized spacial score (nSPS) is 22.0. The van der Waals surface area contributed by atoms with Crippen LogP contribution in [-0.4, -0.2) is 33.2 Å². The summed E-state index contributed by atoms with van der Waals surface area (Å²) < 4.78 is 0. The van der Waals surface area contributed by atoms with Crippen LogP contribution < -0.4 is 4.90 Å². The van der Waals surface area contributed by atoms with Crippen molar-refractivity contribution in [1.82, 2.24) is 15.0 Å². The molecule has 0 saturated heterocycles. The van der Waals surface area contributed by atoms with Crippen LogP contribution in [0.25, 0.3) is 0 Å². The summed E-state index contributed by atoms with van der Waals surface area (Å²) in [6.07, 6.45) is 3.07. The number of hydrogen-bond acceptors (Lipinski definition) is 6. The molecule has 3 rings (SSSR count). The lowest BCUT2D eigenvalue weighted by Gasteiger charge is -2.31. The highest BCUT2D eigenvalue weighted by atomic mass is 32.1. The molecule has 0 bridgehead atoms. The molecule has 0 aromatic carbocycles. The van der Waals surface area contributed by atoms with E-state index < -0.39 is 0 Å². The van der Waals surface area contributed by atoms with Crippen molar-refractivity contribution in [3.05, 3.63) is 34.7 Å². The van der Waals surface area contributed by atoms with Crippen molar-refractivity contribution in [2.75, 3.05) is 11.9 Å². The van der Waals surface area contributed by atoms with Gasteiger partial charge in [-0.05, 0) is 12.8 Å². The molecule has 2 aromatic rings. The van der Waals surface area contributed by atoms with E-state index in [1.807, 2.05) is 24.0 Å². The first-order valence-corrected chi connectivity index (χ1v) is 7.25. The molecular formula is C13H16N4OS. The fraction of sp³-hybridized carbons (Fsp3) is 0.462. The number of aliphatic hydroxyl groups excluding tert-OH is 1. The van der Waals surface area contributed by atoms with E-state index >= 15 is 0 Å². The Labute approximate surface area is 116 Å². The Hall–Kier alpha value is -1.53. The molecule has 1 aliphatic rings. The third kappa shape index (κ3) is 2.74. The molecule has 1 saturated carbocycles. The molecule has 2 heterocycles. The van der Waals surface area contributed by atoms with E-state index in [4.69, 9.17) is 0 Å². The molecule has 5 nitrogen and oxygen atoms in total. The quantitative estimate of drug-likeness (QED) is 0.922. The van der Waals surface area contributed by atoms with Gasteiger partial charge in [0, 0.05) is 30.1 Å². The number of anilines is 1. The molecule has 100 valence electrons. The van der Waals surface area contributed by atoms with Crippen molar-refractivity contribution in [1.29, 1.82) is 0 Å². The van der Waals surface area contributed by atoms with Crippen LogP contribution in [0.2, 0.25) is 0 Å². The molecule has 0 atom stereocenters. The van der Waals surface area contributed by atoms with Crippen molar-refractivity contribution >= 4 is 17.2 Å². The summed E-state index contributed by atoms with van der Waals surface area (Å²) in [5.41, 5.74) is 3.91. The van der Waals surface area contributed by atoms with Gasteiger partial charge in [-0.3, -0.25) is 0 Å². The summed E-state index contributed by atoms with van der Waals surface area (Å²) in [5, 5.41) is 11.4. The number of nitrogens with zero attached hydrogens (tertiary/aromatic N) is 4. The molecule has 1 aliphatic carbocycles. The highest BCUT2D eigenvalue weighted by molar-refractivity contribution is 7.07. The summed E-state index contributed by atoms with van der Waals surface area (Å²) >= 11 is 1.60. The van der Waals surface area contributed by atoms with Gasteiger partial charge in [-0.15, -0.1) is 11.3 Å². The van der Waals surface area contributed by atoms with Crippen LogP contribution in [0.3, 0.4) is 0 Å². The number of aromatic nitrogens is 3. The highest BCUT2D eigenvalue weighted by Crippen LogP contribution is 2.36. The van der Waals surface area contributed by atoms with Crippen molar-refractivity contribution in [3.8, 4) is 0 Å². The second-order valence-electron chi connectivity index (χ2n) is 4.96. The molecular weight excluding hydrogens is 260 g/mol. The second-order valence-corrected chi connectivity index (χ2v) is 5.68. The SMILES string of the molecule is CN(Cc1cscn1)c1cc(C2CC(O)C2)ncn1. The lowest BCUT2D eigenvalue weighted by Crippen LogP contribution is -2.27. The number of rotatable bonds is 4. The Balaban J connectivity index is 1.71. The molecule has 0 spiro atoms. The zero-order valence-corrected chi connectivity index (χ0v) is 11.5. The molecule has 1 fully saturated rings. The van der Waals surface area contributed by atoms with Crippen LogP contribution in [0.15, 0.2) is 23.3 Å². The Morgan fingerprint density at radius 2 is 2.21 bits per heavy atom. The third-order valence-corrected chi connectivity index (χ3v) is 4.11. The summed E-state index contributed by atoms with van der Waals surface area (Å²) in [7, 11) is 2.00. The van der Waals surface area contributed by atoms with Gasteiger partial charge >= 0.3 is 0 Å². The van der Waals surface area contributed by atoms with Gasteiger partial charge in [-0.2, -0.15) is 0 Å². The van der Waals surface area contributed by atoms with Crippen LogP contribution in [0, 0.1) is 0 Å². The Bertz CT molecular complexity index is 539. The predicted molar refractivity (Wildman–Crippen MR) is 74.2 cm³/mol. The van der Waals surface area contributed by atoms with E-state index in [9.17, 15) is 5.11 Å². The van der Waals surface area contributed by atoms with E-state index in [0.29, 0.717) is 5.92 Å². The van der Waals surface area contributed by atoms with Crippen LogP contribution >= 0.6 is 11.3 Å². The van der Waals surface area contributed by atoms with Crippen molar-refractivity contribution in [2.24, 2.45) is 0 Å². The average molecular weight is 276 g/mol. The van der Waals surface area contributed by atoms with E-state index in [1.165, 1.54) is 0 Å². The first-order valence-electron chi connectivity index (χ1n) is 6.30. The largest absolute Gasteiger partial charge is 0.393 e. The highest BCUT2D eigenvalue weighted by Gasteiger charge is 2.29. The average Bonchev–Trinajstić information content (AvgIpc) is 2.88. The fourth-order valence-electron chi connectivity index (χ4n) is 2.26. The van der Waals surface area contributed by atoms with Gasteiger partial charge in [0.15, 0.2) is 0 Å². The summed E-state index contributed by atoms with van der Waals surface area (Å²) in [6, 6.07) is 2.02. The number of thiazole rings is 1. The van der Waals surface area contributed by atoms with Crippen LogP contribution in [0.5, 0.6) is 0 Å². The minimum absolute atomic E-state index is 0.156. The maximum atomic E-state index is 9.37. The molecule has 19 heavy (non-hydrogen) atoms. The van der Waals surface area contributed by atoms with Gasteiger partial charge in [-0.25, -0.2) is 15.0 Å². The fourth-order valence-corrected chi connectivity index (χ4v) is 2.81. The van der Waals surface area contributed by atoms with Crippen molar-refractivity contribution in [3.63, 3.8) is 0 Å². The molecule has 0 aliphatic heterocycles. The predicted octanol–water partition coefficient (Wildman–Crippen LogP) is 1.81. The topological polar surface area (TPSA) is 62.1 Å². The van der Waals surface area contributed by atoms with Crippen LogP contribution in [0.1, 0.15) is 30.1 Å². The third-order valence-electron chi connectivity index (χ3n) is 3.48. The van der Waals surface area contributed by atoms with Gasteiger partial charge in [0.05, 0.1) is 23.9 Å². The Morgan fingerprint density at radius 1 is 1.37 bits per heavy atom. The van der Waals surface area contributed by atoms with Gasteiger partial charge in [0.25, 0.3) is 0 Å². The zero-order valence-electron chi connectivity index (χ0n) is 10.7. The van der Waals surface area contributed by atoms with Crippen molar-refractivity contribution in [2.45, 2.75) is 31.4 Å². The summed E-state index contributed by atoms with van der Waals surface area (Å²) in [5.74, 6) is 1.28. The van der Waals surface area contributed by atoms with E-state index in [2.05, 4.69) is 19.9 Å². The Morgan fingerprint density at radius 3 is 2.89 bits per heavy atom. The van der Waals surface area contributed by atoms with Crippen LogP contribution in [0.4, 0.5) is 5.82 Å². The van der Waals surface area contributed by atoms with E-state index in [1.54, 1.807) is 17.7 Å². The molecule has 6 heteroatoms. The monoisotopic (exact) mass is 276 g/mol. The second kappa shape index (κ2) is 5.22. The molecule has 0 radical (unpaired) electrons. The standard InChI is InChI=1S/C13H16N4OS/c1-17(5-10-6-19-8-16-10)13-4-12(14-7-15-13)9-2-11(18)3-9/h4,6-9,11,18H,2-3,5H2,1H3. The van der Waals surface area contributed by atoms with Crippen molar-refractivity contribution < 1.29 is 5.11 Å². The lowest BCUT2D eigenvalue weighted by molar-refractivity contribution is 0.0732. The first kappa shape index (κ1) is 12.5. The molecule has 0 unspecified atom stereocenters. The number of aliphatic hydroxyl groups is 1. The Kier molecular flexibility index (Phi) is 3.44. The molecule has 0 amide bonds. The lowest BCUT2D eigenvalue weighted by atomic mass is 9.80.